The van der Waals surface area contributed by atoms with E-state index < -0.39 is 16.8 Å². The van der Waals surface area contributed by atoms with Gasteiger partial charge < -0.3 is 19.7 Å². The Hall–Kier alpha value is -1.40. The fourth-order valence-corrected chi connectivity index (χ4v) is 12.0. The van der Waals surface area contributed by atoms with E-state index in [1.165, 1.54) is 0 Å². The van der Waals surface area contributed by atoms with E-state index in [1.54, 1.807) is 0 Å². The SMILES string of the molecule is C=C(COCOC(=O)C(C)(C)C)C1CC[C@]2(C(=O)O)CC[C@]3(C)C(CCC4[C@@]5(C)CC[C@H](O)C(C)(C)C5CC[C@]43C)C12. The lowest BCUT2D eigenvalue weighted by Crippen LogP contribution is -2.67. The molecule has 2 N–H and O–H groups in total. The van der Waals surface area contributed by atoms with E-state index in [0.29, 0.717) is 24.2 Å². The van der Waals surface area contributed by atoms with Gasteiger partial charge in [-0.2, -0.15) is 0 Å². The molecule has 0 bridgehead atoms. The van der Waals surface area contributed by atoms with Crippen LogP contribution in [-0.4, -0.2) is 41.7 Å². The van der Waals surface area contributed by atoms with E-state index in [0.717, 1.165) is 63.4 Å². The van der Waals surface area contributed by atoms with Crippen molar-refractivity contribution in [3.63, 3.8) is 0 Å². The number of fused-ring (bicyclic) bond motifs is 7. The van der Waals surface area contributed by atoms with Crippen molar-refractivity contribution in [1.29, 1.82) is 0 Å². The van der Waals surface area contributed by atoms with Gasteiger partial charge in [-0.25, -0.2) is 0 Å². The molecule has 5 unspecified atom stereocenters. The van der Waals surface area contributed by atoms with Gasteiger partial charge in [-0.05, 0) is 142 Å². The van der Waals surface area contributed by atoms with Crippen LogP contribution >= 0.6 is 0 Å². The van der Waals surface area contributed by atoms with E-state index in [1.807, 2.05) is 20.8 Å². The summed E-state index contributed by atoms with van der Waals surface area (Å²) < 4.78 is 11.1. The number of carboxylic acid groups (broad SMARTS) is 1. The molecular formula is C36H58O6. The molecule has 0 aromatic carbocycles. The van der Waals surface area contributed by atoms with Crippen molar-refractivity contribution in [2.75, 3.05) is 13.4 Å². The molecule has 5 saturated carbocycles. The summed E-state index contributed by atoms with van der Waals surface area (Å²) in [7, 11) is 0. The highest BCUT2D eigenvalue weighted by Crippen LogP contribution is 2.77. The van der Waals surface area contributed by atoms with Crippen LogP contribution in [0, 0.1) is 62.1 Å². The predicted molar refractivity (Wildman–Crippen MR) is 163 cm³/mol. The highest BCUT2D eigenvalue weighted by Gasteiger charge is 2.72. The zero-order valence-corrected chi connectivity index (χ0v) is 27.7. The fourth-order valence-electron chi connectivity index (χ4n) is 12.0. The summed E-state index contributed by atoms with van der Waals surface area (Å²) in [4.78, 5) is 25.3. The topological polar surface area (TPSA) is 93.1 Å². The minimum Gasteiger partial charge on any atom is -0.481 e. The Bertz CT molecular complexity index is 1100. The average Bonchev–Trinajstić information content (AvgIpc) is 3.30. The number of carboxylic acids is 1. The number of hydrogen-bond acceptors (Lipinski definition) is 5. The monoisotopic (exact) mass is 586 g/mol. The van der Waals surface area contributed by atoms with Crippen molar-refractivity contribution < 1.29 is 29.3 Å². The molecule has 42 heavy (non-hydrogen) atoms. The van der Waals surface area contributed by atoms with Gasteiger partial charge in [-0.1, -0.05) is 41.2 Å². The number of aliphatic hydroxyl groups is 1. The van der Waals surface area contributed by atoms with Crippen molar-refractivity contribution in [3.05, 3.63) is 12.2 Å². The summed E-state index contributed by atoms with van der Waals surface area (Å²) in [5, 5.41) is 21.8. The zero-order valence-electron chi connectivity index (χ0n) is 27.7. The molecule has 0 amide bonds. The molecule has 0 aromatic rings. The Kier molecular flexibility index (Phi) is 7.87. The number of rotatable bonds is 6. The first-order valence-electron chi connectivity index (χ1n) is 16.7. The lowest BCUT2D eigenvalue weighted by atomic mass is 9.32. The quantitative estimate of drug-likeness (QED) is 0.144. The van der Waals surface area contributed by atoms with Gasteiger partial charge in [-0.15, -0.1) is 0 Å². The molecule has 0 heterocycles. The van der Waals surface area contributed by atoms with Crippen LogP contribution in [0.2, 0.25) is 0 Å². The van der Waals surface area contributed by atoms with E-state index in [4.69, 9.17) is 9.47 Å². The van der Waals surface area contributed by atoms with Gasteiger partial charge in [0.05, 0.1) is 23.5 Å². The molecule has 0 spiro atoms. The Morgan fingerprint density at radius 2 is 1.55 bits per heavy atom. The standard InChI is InChI=1S/C36H58O6/c1-22(20-41-21-42-30(40)31(2,3)4)23-12-17-36(29(38)39)19-18-34(8)24(28(23)36)10-11-26-33(7)15-14-27(37)32(5,6)25(33)13-16-35(26,34)9/h23-28,37H,1,10-21H2,2-9H3,(H,38,39)/t23?,24?,25?,26?,27-,28?,33-,34+,35+,36-/m0/s1. The van der Waals surface area contributed by atoms with Gasteiger partial charge in [0.1, 0.15) is 0 Å². The van der Waals surface area contributed by atoms with Crippen molar-refractivity contribution >= 4 is 11.9 Å². The van der Waals surface area contributed by atoms with Crippen molar-refractivity contribution in [2.24, 2.45) is 62.1 Å². The van der Waals surface area contributed by atoms with Gasteiger partial charge in [0.15, 0.2) is 6.79 Å². The van der Waals surface area contributed by atoms with Gasteiger partial charge in [0.2, 0.25) is 0 Å². The predicted octanol–water partition coefficient (Wildman–Crippen LogP) is 7.63. The molecule has 5 fully saturated rings. The largest absolute Gasteiger partial charge is 0.481 e. The fraction of sp³-hybridized carbons (Fsp3) is 0.889. The minimum absolute atomic E-state index is 0.0508. The molecule has 5 aliphatic carbocycles. The third-order valence-corrected chi connectivity index (χ3v) is 14.5. The molecule has 238 valence electrons. The first-order chi connectivity index (χ1) is 19.4. The molecular weight excluding hydrogens is 528 g/mol. The van der Waals surface area contributed by atoms with E-state index in [9.17, 15) is 19.8 Å². The highest BCUT2D eigenvalue weighted by atomic mass is 16.7. The zero-order chi connectivity index (χ0) is 31.1. The number of carbonyl (C=O) groups excluding carboxylic acids is 1. The van der Waals surface area contributed by atoms with Crippen molar-refractivity contribution in [2.45, 2.75) is 126 Å². The molecule has 0 aromatic heterocycles. The van der Waals surface area contributed by atoms with Crippen LogP contribution in [-0.2, 0) is 19.1 Å². The summed E-state index contributed by atoms with van der Waals surface area (Å²) in [6.45, 7) is 22.3. The minimum atomic E-state index is -0.697. The Balaban J connectivity index is 1.40. The first-order valence-corrected chi connectivity index (χ1v) is 16.7. The molecule has 0 radical (unpaired) electrons. The lowest BCUT2D eigenvalue weighted by molar-refractivity contribution is -0.248. The Labute approximate surface area is 254 Å². The van der Waals surface area contributed by atoms with E-state index in [2.05, 4.69) is 41.2 Å². The summed E-state index contributed by atoms with van der Waals surface area (Å²) in [5.74, 6) is 0.640. The molecule has 6 heteroatoms. The van der Waals surface area contributed by atoms with Crippen LogP contribution in [0.25, 0.3) is 0 Å². The Morgan fingerprint density at radius 3 is 2.19 bits per heavy atom. The third-order valence-electron chi connectivity index (χ3n) is 14.5. The number of ether oxygens (including phenoxy) is 2. The van der Waals surface area contributed by atoms with Crippen LogP contribution in [0.1, 0.15) is 120 Å². The van der Waals surface area contributed by atoms with Crippen molar-refractivity contribution in [1.82, 2.24) is 0 Å². The second kappa shape index (κ2) is 10.3. The smallest absolute Gasteiger partial charge is 0.313 e. The van der Waals surface area contributed by atoms with Gasteiger partial charge in [-0.3, -0.25) is 9.59 Å². The molecule has 0 aliphatic heterocycles. The summed E-state index contributed by atoms with van der Waals surface area (Å²) in [6.07, 6.45) is 9.47. The van der Waals surface area contributed by atoms with Gasteiger partial charge in [0.25, 0.3) is 0 Å². The molecule has 10 atom stereocenters. The maximum atomic E-state index is 13.1. The molecule has 6 nitrogen and oxygen atoms in total. The number of aliphatic hydroxyl groups excluding tert-OH is 1. The maximum absolute atomic E-state index is 13.1. The molecule has 0 saturated heterocycles. The normalized spacial score (nSPS) is 46.0. The van der Waals surface area contributed by atoms with E-state index in [-0.39, 0.29) is 59.0 Å². The number of hydrogen-bond donors (Lipinski definition) is 2. The highest BCUT2D eigenvalue weighted by molar-refractivity contribution is 5.76. The van der Waals surface area contributed by atoms with Gasteiger partial charge in [0, 0.05) is 0 Å². The summed E-state index contributed by atoms with van der Waals surface area (Å²) >= 11 is 0. The summed E-state index contributed by atoms with van der Waals surface area (Å²) in [5.41, 5.74) is -0.0228. The second-order valence-electron chi connectivity index (χ2n) is 17.5. The molecule has 5 rings (SSSR count). The van der Waals surface area contributed by atoms with Crippen molar-refractivity contribution in [3.8, 4) is 0 Å². The first kappa shape index (κ1) is 32.0. The van der Waals surface area contributed by atoms with Crippen LogP contribution < -0.4 is 0 Å². The lowest BCUT2D eigenvalue weighted by Gasteiger charge is -2.72. The van der Waals surface area contributed by atoms with Crippen LogP contribution in [0.4, 0.5) is 0 Å². The second-order valence-corrected chi connectivity index (χ2v) is 17.5. The summed E-state index contributed by atoms with van der Waals surface area (Å²) in [6, 6.07) is 0. The number of esters is 1. The van der Waals surface area contributed by atoms with Crippen LogP contribution in [0.15, 0.2) is 12.2 Å². The van der Waals surface area contributed by atoms with Crippen LogP contribution in [0.5, 0.6) is 0 Å². The molecule has 5 aliphatic rings. The third kappa shape index (κ3) is 4.46. The number of aliphatic carboxylic acids is 1. The number of carbonyl (C=O) groups is 2. The Morgan fingerprint density at radius 1 is 0.857 bits per heavy atom. The van der Waals surface area contributed by atoms with Crippen LogP contribution in [0.3, 0.4) is 0 Å². The maximum Gasteiger partial charge on any atom is 0.313 e. The van der Waals surface area contributed by atoms with Gasteiger partial charge >= 0.3 is 11.9 Å². The average molecular weight is 587 g/mol. The van der Waals surface area contributed by atoms with E-state index >= 15 is 0 Å².